The SMILES string of the molecule is COc1ccc(/C=C/C(=O)NNC(=O)c2ccccn2)cc1OC. The molecule has 1 aromatic heterocycles. The monoisotopic (exact) mass is 327 g/mol. The third-order valence-corrected chi connectivity index (χ3v) is 3.03. The molecule has 2 aromatic rings. The highest BCUT2D eigenvalue weighted by Crippen LogP contribution is 2.27. The minimum Gasteiger partial charge on any atom is -0.493 e. The molecule has 0 radical (unpaired) electrons. The number of benzene rings is 1. The van der Waals surface area contributed by atoms with Crippen LogP contribution in [0.2, 0.25) is 0 Å². The summed E-state index contributed by atoms with van der Waals surface area (Å²) >= 11 is 0. The minimum atomic E-state index is -0.497. The zero-order valence-corrected chi connectivity index (χ0v) is 13.3. The van der Waals surface area contributed by atoms with E-state index in [1.807, 2.05) is 0 Å². The molecular weight excluding hydrogens is 310 g/mol. The van der Waals surface area contributed by atoms with Gasteiger partial charge < -0.3 is 9.47 Å². The summed E-state index contributed by atoms with van der Waals surface area (Å²) in [6.07, 6.45) is 4.37. The lowest BCUT2D eigenvalue weighted by atomic mass is 10.2. The third kappa shape index (κ3) is 4.57. The number of carbonyl (C=O) groups excluding carboxylic acids is 2. The second kappa shape index (κ2) is 8.33. The predicted octanol–water partition coefficient (Wildman–Crippen LogP) is 1.57. The van der Waals surface area contributed by atoms with Crippen LogP contribution in [0.15, 0.2) is 48.7 Å². The molecule has 0 aliphatic heterocycles. The van der Waals surface area contributed by atoms with Crippen molar-refractivity contribution >= 4 is 17.9 Å². The van der Waals surface area contributed by atoms with E-state index in [2.05, 4.69) is 15.8 Å². The number of hydrazine groups is 1. The van der Waals surface area contributed by atoms with Crippen LogP contribution in [0, 0.1) is 0 Å². The quantitative estimate of drug-likeness (QED) is 0.643. The van der Waals surface area contributed by atoms with Gasteiger partial charge in [-0.1, -0.05) is 12.1 Å². The van der Waals surface area contributed by atoms with Crippen LogP contribution in [0.1, 0.15) is 16.1 Å². The summed E-state index contributed by atoms with van der Waals surface area (Å²) < 4.78 is 10.3. The van der Waals surface area contributed by atoms with Crippen molar-refractivity contribution in [3.05, 3.63) is 59.9 Å². The highest BCUT2D eigenvalue weighted by atomic mass is 16.5. The topological polar surface area (TPSA) is 89.6 Å². The fourth-order valence-electron chi connectivity index (χ4n) is 1.85. The number of hydrogen-bond donors (Lipinski definition) is 2. The summed E-state index contributed by atoms with van der Waals surface area (Å²) in [5.41, 5.74) is 5.52. The lowest BCUT2D eigenvalue weighted by molar-refractivity contribution is -0.117. The largest absolute Gasteiger partial charge is 0.493 e. The lowest BCUT2D eigenvalue weighted by Crippen LogP contribution is -2.41. The van der Waals surface area contributed by atoms with Gasteiger partial charge in [0.05, 0.1) is 14.2 Å². The highest BCUT2D eigenvalue weighted by molar-refractivity contribution is 5.96. The summed E-state index contributed by atoms with van der Waals surface area (Å²) in [5.74, 6) is 0.183. The first-order valence-electron chi connectivity index (χ1n) is 7.05. The Labute approximate surface area is 139 Å². The number of rotatable bonds is 5. The fraction of sp³-hybridized carbons (Fsp3) is 0.118. The minimum absolute atomic E-state index is 0.210. The van der Waals surface area contributed by atoms with Crippen LogP contribution in [0.3, 0.4) is 0 Å². The molecule has 0 fully saturated rings. The molecule has 2 N–H and O–H groups in total. The Morgan fingerprint density at radius 1 is 1.04 bits per heavy atom. The van der Waals surface area contributed by atoms with Gasteiger partial charge in [0.2, 0.25) is 0 Å². The van der Waals surface area contributed by atoms with Gasteiger partial charge in [0.25, 0.3) is 11.8 Å². The molecule has 7 nitrogen and oxygen atoms in total. The molecule has 0 unspecified atom stereocenters. The van der Waals surface area contributed by atoms with E-state index in [0.717, 1.165) is 5.56 Å². The first kappa shape index (κ1) is 17.0. The molecule has 1 heterocycles. The van der Waals surface area contributed by atoms with E-state index >= 15 is 0 Å². The average molecular weight is 327 g/mol. The van der Waals surface area contributed by atoms with E-state index < -0.39 is 11.8 Å². The molecular formula is C17H17N3O4. The van der Waals surface area contributed by atoms with Crippen molar-refractivity contribution in [2.75, 3.05) is 14.2 Å². The van der Waals surface area contributed by atoms with Crippen molar-refractivity contribution in [3.63, 3.8) is 0 Å². The molecule has 1 aromatic carbocycles. The summed E-state index contributed by atoms with van der Waals surface area (Å²) in [7, 11) is 3.08. The Hall–Kier alpha value is -3.35. The van der Waals surface area contributed by atoms with Gasteiger partial charge in [-0.05, 0) is 35.9 Å². The van der Waals surface area contributed by atoms with Crippen LogP contribution >= 0.6 is 0 Å². The maximum absolute atomic E-state index is 11.7. The third-order valence-electron chi connectivity index (χ3n) is 3.03. The smallest absolute Gasteiger partial charge is 0.288 e. The number of carbonyl (C=O) groups is 2. The van der Waals surface area contributed by atoms with E-state index in [1.54, 1.807) is 49.6 Å². The van der Waals surface area contributed by atoms with Gasteiger partial charge in [-0.2, -0.15) is 0 Å². The Kier molecular flexibility index (Phi) is 5.90. The standard InChI is InChI=1S/C17H17N3O4/c1-23-14-8-6-12(11-15(14)24-2)7-9-16(21)19-20-17(22)13-5-3-4-10-18-13/h3-11H,1-2H3,(H,19,21)(H,20,22)/b9-7+. The van der Waals surface area contributed by atoms with E-state index in [-0.39, 0.29) is 5.69 Å². The lowest BCUT2D eigenvalue weighted by Gasteiger charge is -2.07. The normalized spacial score (nSPS) is 10.2. The number of nitrogens with one attached hydrogen (secondary N) is 2. The summed E-state index contributed by atoms with van der Waals surface area (Å²) in [5, 5.41) is 0. The molecule has 2 rings (SSSR count). The number of ether oxygens (including phenoxy) is 2. The highest BCUT2D eigenvalue weighted by Gasteiger charge is 2.06. The molecule has 124 valence electrons. The van der Waals surface area contributed by atoms with Gasteiger partial charge in [0.15, 0.2) is 11.5 Å². The zero-order chi connectivity index (χ0) is 17.4. The summed E-state index contributed by atoms with van der Waals surface area (Å²) in [6.45, 7) is 0. The molecule has 0 saturated heterocycles. The van der Waals surface area contributed by atoms with E-state index in [1.165, 1.54) is 19.4 Å². The Balaban J connectivity index is 1.92. The van der Waals surface area contributed by atoms with Gasteiger partial charge in [0, 0.05) is 12.3 Å². The van der Waals surface area contributed by atoms with E-state index in [4.69, 9.17) is 9.47 Å². The molecule has 0 bridgehead atoms. The first-order chi connectivity index (χ1) is 11.6. The molecule has 7 heteroatoms. The van der Waals surface area contributed by atoms with Crippen molar-refractivity contribution in [2.24, 2.45) is 0 Å². The van der Waals surface area contributed by atoms with Gasteiger partial charge in [-0.3, -0.25) is 25.4 Å². The molecule has 0 aliphatic rings. The van der Waals surface area contributed by atoms with Crippen molar-refractivity contribution in [1.29, 1.82) is 0 Å². The molecule has 0 atom stereocenters. The maximum atomic E-state index is 11.7. The van der Waals surface area contributed by atoms with E-state index in [9.17, 15) is 9.59 Å². The summed E-state index contributed by atoms with van der Waals surface area (Å²) in [6, 6.07) is 10.2. The van der Waals surface area contributed by atoms with Crippen molar-refractivity contribution in [2.45, 2.75) is 0 Å². The van der Waals surface area contributed by atoms with Crippen molar-refractivity contribution in [3.8, 4) is 11.5 Å². The van der Waals surface area contributed by atoms with Crippen molar-refractivity contribution < 1.29 is 19.1 Å². The Bertz CT molecular complexity index is 745. The van der Waals surface area contributed by atoms with Gasteiger partial charge >= 0.3 is 0 Å². The number of aromatic nitrogens is 1. The molecule has 0 saturated carbocycles. The predicted molar refractivity (Wildman–Crippen MR) is 88.4 cm³/mol. The average Bonchev–Trinajstić information content (AvgIpc) is 2.64. The number of amides is 2. The summed E-state index contributed by atoms with van der Waals surface area (Å²) in [4.78, 5) is 27.4. The molecule has 24 heavy (non-hydrogen) atoms. The number of methoxy groups -OCH3 is 2. The van der Waals surface area contributed by atoms with Gasteiger partial charge in [0.1, 0.15) is 5.69 Å². The first-order valence-corrected chi connectivity index (χ1v) is 7.05. The van der Waals surface area contributed by atoms with Crippen LogP contribution in [-0.4, -0.2) is 31.0 Å². The second-order valence-electron chi connectivity index (χ2n) is 4.61. The van der Waals surface area contributed by atoms with Gasteiger partial charge in [-0.15, -0.1) is 0 Å². The second-order valence-corrected chi connectivity index (χ2v) is 4.61. The number of hydrogen-bond acceptors (Lipinski definition) is 5. The van der Waals surface area contributed by atoms with Crippen LogP contribution in [0.5, 0.6) is 11.5 Å². The van der Waals surface area contributed by atoms with Crippen LogP contribution < -0.4 is 20.3 Å². The molecule has 2 amide bonds. The number of pyridine rings is 1. The zero-order valence-electron chi connectivity index (χ0n) is 13.3. The maximum Gasteiger partial charge on any atom is 0.288 e. The Morgan fingerprint density at radius 3 is 2.50 bits per heavy atom. The molecule has 0 aliphatic carbocycles. The van der Waals surface area contributed by atoms with Crippen LogP contribution in [-0.2, 0) is 4.79 Å². The van der Waals surface area contributed by atoms with E-state index in [0.29, 0.717) is 11.5 Å². The van der Waals surface area contributed by atoms with Crippen LogP contribution in [0.4, 0.5) is 0 Å². The fourth-order valence-corrected chi connectivity index (χ4v) is 1.85. The van der Waals surface area contributed by atoms with Crippen LogP contribution in [0.25, 0.3) is 6.08 Å². The number of nitrogens with zero attached hydrogens (tertiary/aromatic N) is 1. The molecule has 0 spiro atoms. The Morgan fingerprint density at radius 2 is 1.83 bits per heavy atom. The van der Waals surface area contributed by atoms with Crippen molar-refractivity contribution in [1.82, 2.24) is 15.8 Å². The van der Waals surface area contributed by atoms with Gasteiger partial charge in [-0.25, -0.2) is 0 Å².